The molecular formula is C21H15N3O2. The summed E-state index contributed by atoms with van der Waals surface area (Å²) in [5.41, 5.74) is 3.28. The minimum Gasteiger partial charge on any atom is -0.270 e. The number of fused-ring (bicyclic) bond motifs is 1. The van der Waals surface area contributed by atoms with Gasteiger partial charge in [0.25, 0.3) is 11.8 Å². The number of rotatable bonds is 4. The van der Waals surface area contributed by atoms with E-state index in [1.165, 1.54) is 4.90 Å². The van der Waals surface area contributed by atoms with Crippen molar-refractivity contribution in [1.82, 2.24) is 4.90 Å². The van der Waals surface area contributed by atoms with Gasteiger partial charge in [-0.25, -0.2) is 0 Å². The molecule has 0 unspecified atom stereocenters. The highest BCUT2D eigenvalue weighted by Gasteiger charge is 2.34. The molecule has 1 aliphatic rings. The molecule has 3 aromatic rings. The number of carbonyl (C=O) groups is 2. The molecule has 26 heavy (non-hydrogen) atoms. The molecule has 126 valence electrons. The summed E-state index contributed by atoms with van der Waals surface area (Å²) in [4.78, 5) is 26.1. The molecule has 0 saturated carbocycles. The third kappa shape index (κ3) is 3.02. The van der Waals surface area contributed by atoms with Gasteiger partial charge in [0.15, 0.2) is 0 Å². The van der Waals surface area contributed by atoms with Gasteiger partial charge in [-0.1, -0.05) is 42.5 Å². The van der Waals surface area contributed by atoms with E-state index in [4.69, 9.17) is 0 Å². The van der Waals surface area contributed by atoms with E-state index in [0.29, 0.717) is 16.8 Å². The molecule has 0 fully saturated rings. The molecule has 2 amide bonds. The maximum Gasteiger partial charge on any atom is 0.261 e. The molecule has 0 N–H and O–H groups in total. The predicted molar refractivity (Wildman–Crippen MR) is 97.7 cm³/mol. The Hall–Kier alpha value is -3.60. The zero-order chi connectivity index (χ0) is 17.9. The van der Waals surface area contributed by atoms with Crippen LogP contribution in [0.15, 0.2) is 89.1 Å². The van der Waals surface area contributed by atoms with Crippen molar-refractivity contribution in [3.8, 4) is 0 Å². The van der Waals surface area contributed by atoms with E-state index in [1.54, 1.807) is 24.3 Å². The zero-order valence-corrected chi connectivity index (χ0v) is 13.9. The number of azo groups is 1. The van der Waals surface area contributed by atoms with Crippen LogP contribution in [0.4, 0.5) is 11.4 Å². The van der Waals surface area contributed by atoms with E-state index < -0.39 is 0 Å². The van der Waals surface area contributed by atoms with Crippen molar-refractivity contribution in [2.75, 3.05) is 0 Å². The predicted octanol–water partition coefficient (Wildman–Crippen LogP) is 4.90. The molecule has 4 rings (SSSR count). The Labute approximate surface area is 150 Å². The Morgan fingerprint density at radius 1 is 0.615 bits per heavy atom. The molecule has 5 nitrogen and oxygen atoms in total. The van der Waals surface area contributed by atoms with Gasteiger partial charge in [-0.3, -0.25) is 14.5 Å². The number of hydrogen-bond donors (Lipinski definition) is 0. The van der Waals surface area contributed by atoms with Crippen LogP contribution in [0, 0.1) is 0 Å². The molecule has 0 aliphatic carbocycles. The molecule has 0 radical (unpaired) electrons. The fourth-order valence-corrected chi connectivity index (χ4v) is 2.84. The van der Waals surface area contributed by atoms with Crippen molar-refractivity contribution >= 4 is 23.2 Å². The Morgan fingerprint density at radius 3 is 1.69 bits per heavy atom. The van der Waals surface area contributed by atoms with Crippen LogP contribution in [0.3, 0.4) is 0 Å². The van der Waals surface area contributed by atoms with Gasteiger partial charge in [-0.05, 0) is 42.0 Å². The zero-order valence-electron chi connectivity index (χ0n) is 13.9. The van der Waals surface area contributed by atoms with Crippen molar-refractivity contribution in [2.24, 2.45) is 10.2 Å². The number of carbonyl (C=O) groups excluding carboxylic acids is 2. The van der Waals surface area contributed by atoms with Gasteiger partial charge in [0.05, 0.1) is 29.0 Å². The highest BCUT2D eigenvalue weighted by atomic mass is 16.2. The van der Waals surface area contributed by atoms with Gasteiger partial charge >= 0.3 is 0 Å². The van der Waals surface area contributed by atoms with Crippen molar-refractivity contribution in [3.63, 3.8) is 0 Å². The lowest BCUT2D eigenvalue weighted by Gasteiger charge is -2.13. The van der Waals surface area contributed by atoms with Gasteiger partial charge in [0.1, 0.15) is 0 Å². The molecule has 0 spiro atoms. The standard InChI is InChI=1S/C21H15N3O2/c25-20-18-8-4-5-9-19(18)21(26)24(20)14-15-10-12-17(13-11-15)23-22-16-6-2-1-3-7-16/h1-13H,14H2. The van der Waals surface area contributed by atoms with Crippen LogP contribution >= 0.6 is 0 Å². The first-order valence-electron chi connectivity index (χ1n) is 8.23. The molecule has 0 bridgehead atoms. The van der Waals surface area contributed by atoms with Crippen molar-refractivity contribution in [2.45, 2.75) is 6.54 Å². The summed E-state index contributed by atoms with van der Waals surface area (Å²) in [6.45, 7) is 0.239. The van der Waals surface area contributed by atoms with Crippen molar-refractivity contribution in [3.05, 3.63) is 95.6 Å². The van der Waals surface area contributed by atoms with Crippen LogP contribution in [0.25, 0.3) is 0 Å². The first kappa shape index (κ1) is 15.9. The number of imide groups is 1. The van der Waals surface area contributed by atoms with E-state index in [9.17, 15) is 9.59 Å². The Bertz CT molecular complexity index is 960. The first-order chi connectivity index (χ1) is 12.7. The van der Waals surface area contributed by atoms with E-state index >= 15 is 0 Å². The topological polar surface area (TPSA) is 62.1 Å². The fourth-order valence-electron chi connectivity index (χ4n) is 2.84. The minimum atomic E-state index is -0.251. The van der Waals surface area contributed by atoms with Crippen LogP contribution in [-0.2, 0) is 6.54 Å². The lowest BCUT2D eigenvalue weighted by Crippen LogP contribution is -2.29. The third-order valence-corrected chi connectivity index (χ3v) is 4.19. The molecule has 0 aromatic heterocycles. The maximum atomic E-state index is 12.4. The lowest BCUT2D eigenvalue weighted by atomic mass is 10.1. The Morgan fingerprint density at radius 2 is 1.12 bits per heavy atom. The molecule has 5 heteroatoms. The summed E-state index contributed by atoms with van der Waals surface area (Å²) in [6.07, 6.45) is 0. The van der Waals surface area contributed by atoms with E-state index in [-0.39, 0.29) is 18.4 Å². The molecular weight excluding hydrogens is 326 g/mol. The van der Waals surface area contributed by atoms with E-state index in [0.717, 1.165) is 11.3 Å². The molecule has 1 heterocycles. The second kappa shape index (κ2) is 6.72. The second-order valence-corrected chi connectivity index (χ2v) is 5.94. The van der Waals surface area contributed by atoms with Crippen LogP contribution in [0.1, 0.15) is 26.3 Å². The Kier molecular flexibility index (Phi) is 4.11. The molecule has 0 atom stereocenters. The summed E-state index contributed by atoms with van der Waals surface area (Å²) in [6, 6.07) is 23.7. The summed E-state index contributed by atoms with van der Waals surface area (Å²) in [5, 5.41) is 8.36. The number of benzene rings is 3. The average Bonchev–Trinajstić information content (AvgIpc) is 2.93. The van der Waals surface area contributed by atoms with Crippen LogP contribution < -0.4 is 0 Å². The highest BCUT2D eigenvalue weighted by molar-refractivity contribution is 6.21. The van der Waals surface area contributed by atoms with Crippen molar-refractivity contribution in [1.29, 1.82) is 0 Å². The number of hydrogen-bond acceptors (Lipinski definition) is 4. The molecule has 1 aliphatic heterocycles. The van der Waals surface area contributed by atoms with Gasteiger partial charge in [-0.2, -0.15) is 10.2 Å². The summed E-state index contributed by atoms with van der Waals surface area (Å²) < 4.78 is 0. The largest absolute Gasteiger partial charge is 0.270 e. The van der Waals surface area contributed by atoms with Crippen LogP contribution in [0.5, 0.6) is 0 Å². The first-order valence-corrected chi connectivity index (χ1v) is 8.23. The van der Waals surface area contributed by atoms with Gasteiger partial charge < -0.3 is 0 Å². The maximum absolute atomic E-state index is 12.4. The lowest BCUT2D eigenvalue weighted by molar-refractivity contribution is 0.0642. The quantitative estimate of drug-likeness (QED) is 0.500. The normalized spacial score (nSPS) is 13.5. The summed E-state index contributed by atoms with van der Waals surface area (Å²) in [7, 11) is 0. The van der Waals surface area contributed by atoms with Gasteiger partial charge in [0, 0.05) is 0 Å². The van der Waals surface area contributed by atoms with E-state index in [1.807, 2.05) is 54.6 Å². The fraction of sp³-hybridized carbons (Fsp3) is 0.0476. The van der Waals surface area contributed by atoms with Gasteiger partial charge in [0.2, 0.25) is 0 Å². The average molecular weight is 341 g/mol. The van der Waals surface area contributed by atoms with Crippen LogP contribution in [-0.4, -0.2) is 16.7 Å². The second-order valence-electron chi connectivity index (χ2n) is 5.94. The third-order valence-electron chi connectivity index (χ3n) is 4.19. The smallest absolute Gasteiger partial charge is 0.261 e. The summed E-state index contributed by atoms with van der Waals surface area (Å²) in [5.74, 6) is -0.503. The number of amides is 2. The SMILES string of the molecule is O=C1c2ccccc2C(=O)N1Cc1ccc(N=Nc2ccccc2)cc1. The minimum absolute atomic E-state index is 0.239. The van der Waals surface area contributed by atoms with Gasteiger partial charge in [-0.15, -0.1) is 0 Å². The highest BCUT2D eigenvalue weighted by Crippen LogP contribution is 2.25. The number of nitrogens with zero attached hydrogens (tertiary/aromatic N) is 3. The summed E-state index contributed by atoms with van der Waals surface area (Å²) >= 11 is 0. The monoisotopic (exact) mass is 341 g/mol. The van der Waals surface area contributed by atoms with Crippen molar-refractivity contribution < 1.29 is 9.59 Å². The molecule has 3 aromatic carbocycles. The Balaban J connectivity index is 1.48. The molecule has 0 saturated heterocycles. The van der Waals surface area contributed by atoms with Crippen LogP contribution in [0.2, 0.25) is 0 Å². The van der Waals surface area contributed by atoms with E-state index in [2.05, 4.69) is 10.2 Å².